The number of non-ortho nitro benzene ring substituents is 1. The molecule has 21 heavy (non-hydrogen) atoms. The molecule has 114 valence electrons. The number of carbonyl (C=O) groups is 1. The standard InChI is InChI=1S/C14H17FN2O4/c1-9-7-11(17(19)20)8-12(13(9)15)14(18)16(5-6-21-2)10-3-4-10/h7-8,10H,3-6H2,1-2H3. The summed E-state index contributed by atoms with van der Waals surface area (Å²) in [6.07, 6.45) is 1.73. The second-order valence-electron chi connectivity index (χ2n) is 5.10. The van der Waals surface area contributed by atoms with E-state index in [9.17, 15) is 19.3 Å². The summed E-state index contributed by atoms with van der Waals surface area (Å²) in [6.45, 7) is 2.11. The van der Waals surface area contributed by atoms with Gasteiger partial charge in [-0.2, -0.15) is 0 Å². The van der Waals surface area contributed by atoms with Crippen LogP contribution in [-0.4, -0.2) is 42.0 Å². The number of hydrogen-bond donors (Lipinski definition) is 0. The van der Waals surface area contributed by atoms with Gasteiger partial charge in [0.25, 0.3) is 11.6 Å². The second kappa shape index (κ2) is 6.17. The van der Waals surface area contributed by atoms with Crippen molar-refractivity contribution in [3.05, 3.63) is 39.2 Å². The van der Waals surface area contributed by atoms with Gasteiger partial charge in [-0.1, -0.05) is 0 Å². The fourth-order valence-electron chi connectivity index (χ4n) is 2.19. The molecule has 2 rings (SSSR count). The Morgan fingerprint density at radius 2 is 2.19 bits per heavy atom. The first kappa shape index (κ1) is 15.4. The van der Waals surface area contributed by atoms with Gasteiger partial charge in [0.05, 0.1) is 17.1 Å². The molecule has 1 saturated carbocycles. The Hall–Kier alpha value is -2.02. The van der Waals surface area contributed by atoms with E-state index < -0.39 is 16.6 Å². The van der Waals surface area contributed by atoms with Gasteiger partial charge in [-0.15, -0.1) is 0 Å². The summed E-state index contributed by atoms with van der Waals surface area (Å²) in [5.41, 5.74) is -0.431. The van der Waals surface area contributed by atoms with Crippen molar-refractivity contribution in [3.63, 3.8) is 0 Å². The maximum Gasteiger partial charge on any atom is 0.270 e. The highest BCUT2D eigenvalue weighted by Gasteiger charge is 2.34. The molecular weight excluding hydrogens is 279 g/mol. The molecule has 1 aromatic carbocycles. The third-order valence-corrected chi connectivity index (χ3v) is 3.47. The Morgan fingerprint density at radius 3 is 2.71 bits per heavy atom. The molecule has 0 saturated heterocycles. The Bertz CT molecular complexity index is 572. The van der Waals surface area contributed by atoms with Gasteiger partial charge in [-0.05, 0) is 25.3 Å². The summed E-state index contributed by atoms with van der Waals surface area (Å²) in [4.78, 5) is 24.3. The topological polar surface area (TPSA) is 72.7 Å². The number of ether oxygens (including phenoxy) is 1. The number of nitrogens with zero attached hydrogens (tertiary/aromatic N) is 2. The number of amides is 1. The van der Waals surface area contributed by atoms with Crippen molar-refractivity contribution in [2.24, 2.45) is 0 Å². The molecule has 0 bridgehead atoms. The fourth-order valence-corrected chi connectivity index (χ4v) is 2.19. The van der Waals surface area contributed by atoms with Crippen LogP contribution in [0.1, 0.15) is 28.8 Å². The number of aryl methyl sites for hydroxylation is 1. The molecule has 1 aliphatic rings. The van der Waals surface area contributed by atoms with Crippen molar-refractivity contribution < 1.29 is 18.8 Å². The highest BCUT2D eigenvalue weighted by atomic mass is 19.1. The molecule has 0 unspecified atom stereocenters. The third-order valence-electron chi connectivity index (χ3n) is 3.47. The lowest BCUT2D eigenvalue weighted by atomic mass is 10.1. The Kier molecular flexibility index (Phi) is 4.52. The van der Waals surface area contributed by atoms with Crippen molar-refractivity contribution in [3.8, 4) is 0 Å². The molecule has 0 spiro atoms. The molecule has 0 radical (unpaired) electrons. The fraction of sp³-hybridized carbons (Fsp3) is 0.500. The zero-order valence-electron chi connectivity index (χ0n) is 12.0. The van der Waals surface area contributed by atoms with E-state index in [0.29, 0.717) is 13.2 Å². The summed E-state index contributed by atoms with van der Waals surface area (Å²) in [6, 6.07) is 2.21. The average Bonchev–Trinajstić information content (AvgIpc) is 3.26. The van der Waals surface area contributed by atoms with Gasteiger partial charge in [0.2, 0.25) is 0 Å². The molecule has 1 aromatic rings. The van der Waals surface area contributed by atoms with Crippen LogP contribution in [0, 0.1) is 22.9 Å². The normalized spacial score (nSPS) is 14.0. The average molecular weight is 296 g/mol. The van der Waals surface area contributed by atoms with Crippen molar-refractivity contribution in [2.45, 2.75) is 25.8 Å². The van der Waals surface area contributed by atoms with E-state index in [2.05, 4.69) is 0 Å². The smallest absolute Gasteiger partial charge is 0.270 e. The van der Waals surface area contributed by atoms with E-state index in [1.54, 1.807) is 0 Å². The molecule has 0 aromatic heterocycles. The van der Waals surface area contributed by atoms with Gasteiger partial charge in [0.1, 0.15) is 5.82 Å². The highest BCUT2D eigenvalue weighted by Crippen LogP contribution is 2.30. The quantitative estimate of drug-likeness (QED) is 0.596. The van der Waals surface area contributed by atoms with Crippen LogP contribution in [0.2, 0.25) is 0 Å². The third kappa shape index (κ3) is 3.36. The summed E-state index contributed by atoms with van der Waals surface area (Å²) in [5, 5.41) is 10.9. The molecule has 6 nitrogen and oxygen atoms in total. The summed E-state index contributed by atoms with van der Waals surface area (Å²) >= 11 is 0. The van der Waals surface area contributed by atoms with Gasteiger partial charge in [0.15, 0.2) is 0 Å². The zero-order valence-corrected chi connectivity index (χ0v) is 12.0. The minimum absolute atomic E-state index is 0.0756. The second-order valence-corrected chi connectivity index (χ2v) is 5.10. The lowest BCUT2D eigenvalue weighted by molar-refractivity contribution is -0.385. The van der Waals surface area contributed by atoms with Crippen LogP contribution in [0.4, 0.5) is 10.1 Å². The van der Waals surface area contributed by atoms with Crippen molar-refractivity contribution in [2.75, 3.05) is 20.3 Å². The number of carbonyl (C=O) groups excluding carboxylic acids is 1. The zero-order chi connectivity index (χ0) is 15.6. The Labute approximate surface area is 121 Å². The lowest BCUT2D eigenvalue weighted by Gasteiger charge is -2.22. The number of halogens is 1. The molecule has 0 N–H and O–H groups in total. The number of hydrogen-bond acceptors (Lipinski definition) is 4. The predicted octanol–water partition coefficient (Wildman–Crippen LogP) is 2.29. The first-order valence-corrected chi connectivity index (χ1v) is 6.70. The van der Waals surface area contributed by atoms with E-state index in [1.807, 2.05) is 0 Å². The van der Waals surface area contributed by atoms with Crippen LogP contribution in [0.3, 0.4) is 0 Å². The van der Waals surface area contributed by atoms with E-state index in [4.69, 9.17) is 4.74 Å². The van der Waals surface area contributed by atoms with Gasteiger partial charge in [0, 0.05) is 31.8 Å². The van der Waals surface area contributed by atoms with Crippen LogP contribution in [0.5, 0.6) is 0 Å². The van der Waals surface area contributed by atoms with E-state index in [1.165, 1.54) is 18.9 Å². The molecule has 7 heteroatoms. The first-order chi connectivity index (χ1) is 9.95. The van der Waals surface area contributed by atoms with Crippen molar-refractivity contribution in [1.82, 2.24) is 4.90 Å². The van der Waals surface area contributed by atoms with Crippen LogP contribution in [-0.2, 0) is 4.74 Å². The summed E-state index contributed by atoms with van der Waals surface area (Å²) in [5.74, 6) is -1.22. The van der Waals surface area contributed by atoms with Gasteiger partial charge >= 0.3 is 0 Å². The van der Waals surface area contributed by atoms with E-state index in [0.717, 1.165) is 25.0 Å². The molecule has 0 heterocycles. The minimum Gasteiger partial charge on any atom is -0.383 e. The number of nitro groups is 1. The minimum atomic E-state index is -0.700. The lowest BCUT2D eigenvalue weighted by Crippen LogP contribution is -2.36. The predicted molar refractivity (Wildman–Crippen MR) is 73.7 cm³/mol. The molecule has 0 atom stereocenters. The largest absolute Gasteiger partial charge is 0.383 e. The van der Waals surface area contributed by atoms with E-state index in [-0.39, 0.29) is 22.9 Å². The Morgan fingerprint density at radius 1 is 1.52 bits per heavy atom. The maximum atomic E-state index is 14.2. The molecule has 1 fully saturated rings. The van der Waals surface area contributed by atoms with Crippen LogP contribution in [0.15, 0.2) is 12.1 Å². The number of rotatable bonds is 6. The molecule has 1 aliphatic carbocycles. The number of benzene rings is 1. The summed E-state index contributed by atoms with van der Waals surface area (Å²) in [7, 11) is 1.52. The number of nitro benzene ring substituents is 1. The molecular formula is C14H17FN2O4. The van der Waals surface area contributed by atoms with Gasteiger partial charge < -0.3 is 9.64 Å². The van der Waals surface area contributed by atoms with Crippen LogP contribution < -0.4 is 0 Å². The maximum absolute atomic E-state index is 14.2. The monoisotopic (exact) mass is 296 g/mol. The Balaban J connectivity index is 2.34. The van der Waals surface area contributed by atoms with Crippen molar-refractivity contribution in [1.29, 1.82) is 0 Å². The molecule has 1 amide bonds. The summed E-state index contributed by atoms with van der Waals surface area (Å²) < 4.78 is 19.1. The van der Waals surface area contributed by atoms with E-state index >= 15 is 0 Å². The van der Waals surface area contributed by atoms with Crippen LogP contribution in [0.25, 0.3) is 0 Å². The highest BCUT2D eigenvalue weighted by molar-refractivity contribution is 5.95. The number of methoxy groups -OCH3 is 1. The first-order valence-electron chi connectivity index (χ1n) is 6.70. The van der Waals surface area contributed by atoms with Gasteiger partial charge in [-0.25, -0.2) is 4.39 Å². The van der Waals surface area contributed by atoms with Crippen molar-refractivity contribution >= 4 is 11.6 Å². The molecule has 0 aliphatic heterocycles. The van der Waals surface area contributed by atoms with Gasteiger partial charge in [-0.3, -0.25) is 14.9 Å². The SMILES string of the molecule is COCCN(C(=O)c1cc([N+](=O)[O-])cc(C)c1F)C1CC1. The van der Waals surface area contributed by atoms with Crippen LogP contribution >= 0.6 is 0 Å².